The highest BCUT2D eigenvalue weighted by atomic mass is 79.9. The van der Waals surface area contributed by atoms with E-state index < -0.39 is 35.0 Å². The van der Waals surface area contributed by atoms with Gasteiger partial charge >= 0.3 is 6.03 Å². The minimum atomic E-state index is -2.66. The van der Waals surface area contributed by atoms with Crippen LogP contribution in [0.5, 0.6) is 0 Å². The maximum atomic E-state index is 14.7. The third-order valence-corrected chi connectivity index (χ3v) is 6.65. The van der Waals surface area contributed by atoms with Gasteiger partial charge in [-0.3, -0.25) is 4.79 Å². The van der Waals surface area contributed by atoms with Crippen LogP contribution in [0.2, 0.25) is 0 Å². The molecule has 4 N–H and O–H groups in total. The molecule has 0 unspecified atom stereocenters. The van der Waals surface area contributed by atoms with Crippen LogP contribution >= 0.6 is 15.9 Å². The zero-order valence-corrected chi connectivity index (χ0v) is 19.6. The maximum absolute atomic E-state index is 14.7. The summed E-state index contributed by atoms with van der Waals surface area (Å²) in [7, 11) is 0. The highest BCUT2D eigenvalue weighted by molar-refractivity contribution is 9.10. The Morgan fingerprint density at radius 3 is 2.58 bits per heavy atom. The molecule has 2 aromatic rings. The summed E-state index contributed by atoms with van der Waals surface area (Å²) in [6.45, 7) is 3.32. The number of nitrogens with zero attached hydrogens (tertiary/aromatic N) is 1. The summed E-state index contributed by atoms with van der Waals surface area (Å²) >= 11 is 3.29. The number of rotatable bonds is 6. The quantitative estimate of drug-likeness (QED) is 0.439. The van der Waals surface area contributed by atoms with E-state index >= 15 is 0 Å². The molecule has 0 saturated carbocycles. The number of carbonyl (C=O) groups excluding carboxylic acids is 2. The van der Waals surface area contributed by atoms with Gasteiger partial charge in [-0.2, -0.15) is 0 Å². The molecule has 2 aromatic carbocycles. The molecule has 10 heteroatoms. The average Bonchev–Trinajstić information content (AvgIpc) is 2.79. The minimum Gasteiger partial charge on any atom is -0.359 e. The topological polar surface area (TPSA) is 86.1 Å². The molecule has 0 radical (unpaired) electrons. The molecule has 2 aliphatic heterocycles. The van der Waals surface area contributed by atoms with Gasteiger partial charge in [-0.05, 0) is 49.6 Å². The van der Waals surface area contributed by atoms with Gasteiger partial charge in [0.25, 0.3) is 11.6 Å². The summed E-state index contributed by atoms with van der Waals surface area (Å²) in [4.78, 5) is 28.2. The first-order valence-corrected chi connectivity index (χ1v) is 11.8. The fourth-order valence-corrected chi connectivity index (χ4v) is 4.87. The Morgan fingerprint density at radius 1 is 1.18 bits per heavy atom. The number of para-hydroxylation sites is 1. The molecule has 1 saturated heterocycles. The van der Waals surface area contributed by atoms with Crippen LogP contribution in [0, 0.1) is 11.6 Å². The van der Waals surface area contributed by atoms with Gasteiger partial charge in [0.2, 0.25) is 0 Å². The number of amides is 3. The van der Waals surface area contributed by atoms with Crippen molar-refractivity contribution in [2.45, 2.75) is 31.4 Å². The van der Waals surface area contributed by atoms with Gasteiger partial charge in [0.1, 0.15) is 17.3 Å². The van der Waals surface area contributed by atoms with Gasteiger partial charge in [-0.25, -0.2) is 18.5 Å². The van der Waals surface area contributed by atoms with Gasteiger partial charge < -0.3 is 20.6 Å². The van der Waals surface area contributed by atoms with E-state index in [2.05, 4.69) is 26.6 Å². The number of halogens is 3. The summed E-state index contributed by atoms with van der Waals surface area (Å²) in [6, 6.07) is 6.61. The van der Waals surface area contributed by atoms with E-state index in [0.29, 0.717) is 15.8 Å². The van der Waals surface area contributed by atoms with Crippen molar-refractivity contribution >= 4 is 39.2 Å². The Labute approximate surface area is 198 Å². The molecule has 1 fully saturated rings. The normalized spacial score (nSPS) is 20.8. The lowest BCUT2D eigenvalue weighted by Crippen LogP contribution is -3.12. The van der Waals surface area contributed by atoms with E-state index in [9.17, 15) is 23.5 Å². The fraction of sp³-hybridized carbons (Fsp3) is 0.391. The van der Waals surface area contributed by atoms with Gasteiger partial charge in [0.15, 0.2) is 0 Å². The van der Waals surface area contributed by atoms with E-state index in [-0.39, 0.29) is 17.8 Å². The lowest BCUT2D eigenvalue weighted by Gasteiger charge is -2.42. The van der Waals surface area contributed by atoms with Crippen molar-refractivity contribution in [3.05, 3.63) is 58.1 Å². The van der Waals surface area contributed by atoms with Crippen molar-refractivity contribution in [2.24, 2.45) is 0 Å². The van der Waals surface area contributed by atoms with Crippen molar-refractivity contribution in [1.29, 1.82) is 0 Å². The first-order valence-electron chi connectivity index (χ1n) is 11.0. The highest BCUT2D eigenvalue weighted by Gasteiger charge is 2.53. The fourth-order valence-electron chi connectivity index (χ4n) is 4.51. The molecule has 0 bridgehead atoms. The van der Waals surface area contributed by atoms with Gasteiger partial charge in [-0.15, -0.1) is 0 Å². The number of fused-ring (bicyclic) bond motifs is 1. The Balaban J connectivity index is 1.65. The summed E-state index contributed by atoms with van der Waals surface area (Å²) in [5.41, 5.74) is -3.30. The van der Waals surface area contributed by atoms with Crippen molar-refractivity contribution in [1.82, 2.24) is 5.32 Å². The second-order valence-corrected chi connectivity index (χ2v) is 9.28. The number of aliphatic hydroxyl groups is 1. The SMILES string of the molecule is O=C1Nc2ccc(Br)cc2[C@](O)(C(=O)NCCC[NH+]2CCCCC2)N1c1c(F)cccc1F. The van der Waals surface area contributed by atoms with Gasteiger partial charge in [-0.1, -0.05) is 22.0 Å². The Kier molecular flexibility index (Phi) is 6.96. The summed E-state index contributed by atoms with van der Waals surface area (Å²) in [5, 5.41) is 16.9. The summed E-state index contributed by atoms with van der Waals surface area (Å²) in [6.07, 6.45) is 4.28. The second kappa shape index (κ2) is 9.74. The zero-order chi connectivity index (χ0) is 23.6. The molecule has 2 heterocycles. The van der Waals surface area contributed by atoms with E-state index in [1.807, 2.05) is 0 Å². The monoisotopic (exact) mass is 523 g/mol. The predicted octanol–water partition coefficient (Wildman–Crippen LogP) is 2.50. The molecule has 1 atom stereocenters. The molecule has 33 heavy (non-hydrogen) atoms. The van der Waals surface area contributed by atoms with Crippen LogP contribution in [0.15, 0.2) is 40.9 Å². The van der Waals surface area contributed by atoms with Crippen LogP contribution in [0.1, 0.15) is 31.2 Å². The summed E-state index contributed by atoms with van der Waals surface area (Å²) in [5.74, 6) is -3.10. The number of hydrogen-bond acceptors (Lipinski definition) is 3. The summed E-state index contributed by atoms with van der Waals surface area (Å²) < 4.78 is 29.9. The number of nitrogens with one attached hydrogen (secondary N) is 3. The van der Waals surface area contributed by atoms with Crippen molar-refractivity contribution in [2.75, 3.05) is 36.4 Å². The van der Waals surface area contributed by atoms with Crippen LogP contribution in [-0.4, -0.2) is 43.2 Å². The second-order valence-electron chi connectivity index (χ2n) is 8.37. The lowest BCUT2D eigenvalue weighted by molar-refractivity contribution is -0.905. The Bertz CT molecular complexity index is 1040. The molecular formula is C23H26BrF2N4O3+. The van der Waals surface area contributed by atoms with E-state index in [0.717, 1.165) is 37.8 Å². The number of hydrogen-bond donors (Lipinski definition) is 4. The minimum absolute atomic E-state index is 0.00159. The molecule has 2 aliphatic rings. The Hall–Kier alpha value is -2.56. The first-order chi connectivity index (χ1) is 15.8. The number of carbonyl (C=O) groups is 2. The van der Waals surface area contributed by atoms with E-state index in [1.54, 1.807) is 6.07 Å². The molecule has 176 valence electrons. The highest BCUT2D eigenvalue weighted by Crippen LogP contribution is 2.42. The molecule has 0 aliphatic carbocycles. The molecular weight excluding hydrogens is 498 g/mol. The van der Waals surface area contributed by atoms with Crippen LogP contribution in [0.4, 0.5) is 25.0 Å². The number of quaternary nitrogens is 1. The maximum Gasteiger partial charge on any atom is 0.329 e. The van der Waals surface area contributed by atoms with Crippen LogP contribution in [0.25, 0.3) is 0 Å². The van der Waals surface area contributed by atoms with Crippen molar-refractivity contribution < 1.29 is 28.4 Å². The van der Waals surface area contributed by atoms with Crippen LogP contribution < -0.4 is 20.4 Å². The van der Waals surface area contributed by atoms with E-state index in [1.165, 1.54) is 36.3 Å². The third-order valence-electron chi connectivity index (χ3n) is 6.16. The van der Waals surface area contributed by atoms with Crippen molar-refractivity contribution in [3.8, 4) is 0 Å². The lowest BCUT2D eigenvalue weighted by atomic mass is 9.94. The number of anilines is 2. The number of piperidine rings is 1. The largest absolute Gasteiger partial charge is 0.359 e. The molecule has 3 amide bonds. The van der Waals surface area contributed by atoms with Gasteiger partial charge in [0.05, 0.1) is 25.3 Å². The number of benzene rings is 2. The standard InChI is InChI=1S/C23H25BrF2N4O3/c24-15-8-9-19-16(14-15)23(33,21(31)27-10-5-13-29-11-2-1-3-12-29)30(22(32)28-19)20-17(25)6-4-7-18(20)26/h4,6-9,14,33H,1-3,5,10-13H2,(H,27,31)(H,28,32)/p+1/t23-/m0/s1. The molecule has 4 rings (SSSR count). The van der Waals surface area contributed by atoms with Crippen LogP contribution in [0.3, 0.4) is 0 Å². The molecule has 0 aromatic heterocycles. The molecule has 7 nitrogen and oxygen atoms in total. The first kappa shape index (κ1) is 23.6. The zero-order valence-electron chi connectivity index (χ0n) is 18.0. The average molecular weight is 524 g/mol. The van der Waals surface area contributed by atoms with E-state index in [4.69, 9.17) is 0 Å². The number of urea groups is 1. The third kappa shape index (κ3) is 4.60. The smallest absolute Gasteiger partial charge is 0.329 e. The van der Waals surface area contributed by atoms with Crippen LogP contribution in [-0.2, 0) is 10.5 Å². The molecule has 0 spiro atoms. The Morgan fingerprint density at radius 2 is 1.88 bits per heavy atom. The van der Waals surface area contributed by atoms with Crippen molar-refractivity contribution in [3.63, 3.8) is 0 Å². The van der Waals surface area contributed by atoms with Gasteiger partial charge in [0, 0.05) is 23.0 Å². The predicted molar refractivity (Wildman–Crippen MR) is 123 cm³/mol. The number of likely N-dealkylation sites (tertiary alicyclic amines) is 1.